The van der Waals surface area contributed by atoms with Crippen LogP contribution in [0.5, 0.6) is 0 Å². The summed E-state index contributed by atoms with van der Waals surface area (Å²) >= 11 is 0. The SMILES string of the molecule is O=C(O)c1nc(C2CCCNC2)n2ccccc12. The molecule has 5 nitrogen and oxygen atoms in total. The number of imidazole rings is 1. The van der Waals surface area contributed by atoms with Crippen molar-refractivity contribution in [3.8, 4) is 0 Å². The molecule has 0 amide bonds. The number of nitrogens with zero attached hydrogens (tertiary/aromatic N) is 2. The van der Waals surface area contributed by atoms with E-state index in [1.807, 2.05) is 22.7 Å². The van der Waals surface area contributed by atoms with Gasteiger partial charge in [0.2, 0.25) is 0 Å². The molecule has 1 atom stereocenters. The van der Waals surface area contributed by atoms with Gasteiger partial charge in [0.25, 0.3) is 0 Å². The zero-order valence-corrected chi connectivity index (χ0v) is 9.97. The van der Waals surface area contributed by atoms with Crippen LogP contribution in [0, 0.1) is 0 Å². The minimum atomic E-state index is -0.964. The second kappa shape index (κ2) is 4.42. The van der Waals surface area contributed by atoms with Crippen molar-refractivity contribution in [3.05, 3.63) is 35.9 Å². The average Bonchev–Trinajstić information content (AvgIpc) is 2.79. The number of rotatable bonds is 2. The quantitative estimate of drug-likeness (QED) is 0.841. The van der Waals surface area contributed by atoms with E-state index in [2.05, 4.69) is 10.3 Å². The monoisotopic (exact) mass is 245 g/mol. The number of piperidine rings is 1. The van der Waals surface area contributed by atoms with Crippen LogP contribution in [0.3, 0.4) is 0 Å². The summed E-state index contributed by atoms with van der Waals surface area (Å²) in [5, 5.41) is 12.5. The molecule has 3 heterocycles. The number of fused-ring (bicyclic) bond motifs is 1. The van der Waals surface area contributed by atoms with E-state index in [9.17, 15) is 9.90 Å². The van der Waals surface area contributed by atoms with E-state index in [4.69, 9.17) is 0 Å². The van der Waals surface area contributed by atoms with E-state index in [1.54, 1.807) is 6.07 Å². The van der Waals surface area contributed by atoms with Gasteiger partial charge in [0, 0.05) is 18.7 Å². The molecule has 2 aromatic heterocycles. The summed E-state index contributed by atoms with van der Waals surface area (Å²) in [5.74, 6) is 0.186. The Morgan fingerprint density at radius 1 is 1.50 bits per heavy atom. The normalized spacial score (nSPS) is 20.1. The summed E-state index contributed by atoms with van der Waals surface area (Å²) in [7, 11) is 0. The highest BCUT2D eigenvalue weighted by molar-refractivity contribution is 5.93. The lowest BCUT2D eigenvalue weighted by molar-refractivity contribution is 0.0693. The molecule has 94 valence electrons. The lowest BCUT2D eigenvalue weighted by Gasteiger charge is -2.21. The molecular formula is C13H15N3O2. The molecule has 0 aliphatic carbocycles. The minimum absolute atomic E-state index is 0.149. The predicted octanol–water partition coefficient (Wildman–Crippen LogP) is 1.50. The molecule has 1 aliphatic heterocycles. The third-order valence-electron chi connectivity index (χ3n) is 3.44. The van der Waals surface area contributed by atoms with Crippen LogP contribution in [0.2, 0.25) is 0 Å². The summed E-state index contributed by atoms with van der Waals surface area (Å²) in [4.78, 5) is 15.6. The van der Waals surface area contributed by atoms with E-state index < -0.39 is 5.97 Å². The molecule has 0 saturated carbocycles. The van der Waals surface area contributed by atoms with Crippen molar-refractivity contribution >= 4 is 11.5 Å². The fraction of sp³-hybridized carbons (Fsp3) is 0.385. The number of nitrogens with one attached hydrogen (secondary N) is 1. The second-order valence-corrected chi connectivity index (χ2v) is 4.62. The Morgan fingerprint density at radius 3 is 3.11 bits per heavy atom. The Kier molecular flexibility index (Phi) is 2.76. The second-order valence-electron chi connectivity index (χ2n) is 4.62. The van der Waals surface area contributed by atoms with Crippen LogP contribution in [0.4, 0.5) is 0 Å². The molecule has 0 aromatic carbocycles. The van der Waals surface area contributed by atoms with Gasteiger partial charge in [-0.3, -0.25) is 0 Å². The van der Waals surface area contributed by atoms with Crippen LogP contribution in [0.1, 0.15) is 35.1 Å². The highest BCUT2D eigenvalue weighted by Gasteiger charge is 2.23. The van der Waals surface area contributed by atoms with E-state index in [1.165, 1.54) is 0 Å². The summed E-state index contributed by atoms with van der Waals surface area (Å²) in [6, 6.07) is 5.54. The maximum Gasteiger partial charge on any atom is 0.356 e. The largest absolute Gasteiger partial charge is 0.476 e. The molecule has 0 spiro atoms. The van der Waals surface area contributed by atoms with Crippen molar-refractivity contribution in [1.29, 1.82) is 0 Å². The number of pyridine rings is 1. The van der Waals surface area contributed by atoms with Crippen LogP contribution < -0.4 is 5.32 Å². The number of carbonyl (C=O) groups is 1. The van der Waals surface area contributed by atoms with Crippen LogP contribution in [-0.4, -0.2) is 33.6 Å². The highest BCUT2D eigenvalue weighted by atomic mass is 16.4. The number of hydrogen-bond acceptors (Lipinski definition) is 3. The Morgan fingerprint density at radius 2 is 2.39 bits per heavy atom. The van der Waals surface area contributed by atoms with Gasteiger partial charge in [-0.1, -0.05) is 6.07 Å². The standard InChI is InChI=1S/C13H15N3O2/c17-13(18)11-10-5-1-2-7-16(10)12(15-11)9-4-3-6-14-8-9/h1-2,5,7,9,14H,3-4,6,8H2,(H,17,18). The molecule has 1 fully saturated rings. The molecule has 1 saturated heterocycles. The maximum atomic E-state index is 11.2. The Balaban J connectivity index is 2.13. The number of hydrogen-bond donors (Lipinski definition) is 2. The maximum absolute atomic E-state index is 11.2. The van der Waals surface area contributed by atoms with Gasteiger partial charge in [-0.2, -0.15) is 0 Å². The van der Waals surface area contributed by atoms with Crippen molar-refractivity contribution in [1.82, 2.24) is 14.7 Å². The molecule has 2 N–H and O–H groups in total. The Bertz CT molecular complexity index is 585. The van der Waals surface area contributed by atoms with Crippen LogP contribution >= 0.6 is 0 Å². The lowest BCUT2D eigenvalue weighted by atomic mass is 9.99. The topological polar surface area (TPSA) is 66.6 Å². The third kappa shape index (κ3) is 1.76. The first kappa shape index (κ1) is 11.2. The van der Waals surface area contributed by atoms with Crippen LogP contribution in [-0.2, 0) is 0 Å². The van der Waals surface area contributed by atoms with Crippen molar-refractivity contribution in [2.75, 3.05) is 13.1 Å². The van der Waals surface area contributed by atoms with E-state index in [-0.39, 0.29) is 5.69 Å². The van der Waals surface area contributed by atoms with Gasteiger partial charge < -0.3 is 14.8 Å². The number of carboxylic acids is 1. The van der Waals surface area contributed by atoms with Crippen molar-refractivity contribution in [3.63, 3.8) is 0 Å². The van der Waals surface area contributed by atoms with Gasteiger partial charge in [-0.15, -0.1) is 0 Å². The molecule has 1 aliphatic rings. The Hall–Kier alpha value is -1.88. The number of aromatic nitrogens is 2. The summed E-state index contributed by atoms with van der Waals surface area (Å²) in [6.07, 6.45) is 4.05. The average molecular weight is 245 g/mol. The molecule has 18 heavy (non-hydrogen) atoms. The predicted molar refractivity (Wildman–Crippen MR) is 67.0 cm³/mol. The Labute approximate surface area is 104 Å². The third-order valence-corrected chi connectivity index (χ3v) is 3.44. The first-order chi connectivity index (χ1) is 8.77. The zero-order chi connectivity index (χ0) is 12.5. The van der Waals surface area contributed by atoms with Crippen molar-refractivity contribution < 1.29 is 9.90 Å². The first-order valence-corrected chi connectivity index (χ1v) is 6.18. The fourth-order valence-electron chi connectivity index (χ4n) is 2.58. The molecule has 3 rings (SSSR count). The van der Waals surface area contributed by atoms with Crippen molar-refractivity contribution in [2.24, 2.45) is 0 Å². The van der Waals surface area contributed by atoms with E-state index in [0.29, 0.717) is 11.4 Å². The van der Waals surface area contributed by atoms with Gasteiger partial charge in [0.1, 0.15) is 5.82 Å². The summed E-state index contributed by atoms with van der Waals surface area (Å²) in [6.45, 7) is 1.90. The van der Waals surface area contributed by atoms with Gasteiger partial charge in [0.05, 0.1) is 5.52 Å². The lowest BCUT2D eigenvalue weighted by Crippen LogP contribution is -2.29. The molecule has 0 radical (unpaired) electrons. The molecule has 1 unspecified atom stereocenters. The van der Waals surface area contributed by atoms with Gasteiger partial charge in [-0.05, 0) is 31.5 Å². The molecular weight excluding hydrogens is 230 g/mol. The van der Waals surface area contributed by atoms with Crippen LogP contribution in [0.25, 0.3) is 5.52 Å². The molecule has 5 heteroatoms. The van der Waals surface area contributed by atoms with Gasteiger partial charge in [0.15, 0.2) is 5.69 Å². The van der Waals surface area contributed by atoms with E-state index >= 15 is 0 Å². The summed E-state index contributed by atoms with van der Waals surface area (Å²) < 4.78 is 1.90. The highest BCUT2D eigenvalue weighted by Crippen LogP contribution is 2.25. The molecule has 2 aromatic rings. The number of carboxylic acid groups (broad SMARTS) is 1. The minimum Gasteiger partial charge on any atom is -0.476 e. The van der Waals surface area contributed by atoms with Crippen molar-refractivity contribution in [2.45, 2.75) is 18.8 Å². The van der Waals surface area contributed by atoms with Gasteiger partial charge >= 0.3 is 5.97 Å². The first-order valence-electron chi connectivity index (χ1n) is 6.18. The summed E-state index contributed by atoms with van der Waals surface area (Å²) in [5.41, 5.74) is 0.821. The van der Waals surface area contributed by atoms with E-state index in [0.717, 1.165) is 31.8 Å². The smallest absolute Gasteiger partial charge is 0.356 e. The molecule has 0 bridgehead atoms. The number of aromatic carboxylic acids is 1. The fourth-order valence-corrected chi connectivity index (χ4v) is 2.58. The zero-order valence-electron chi connectivity index (χ0n) is 9.97. The van der Waals surface area contributed by atoms with Crippen LogP contribution in [0.15, 0.2) is 24.4 Å². The van der Waals surface area contributed by atoms with Gasteiger partial charge in [-0.25, -0.2) is 9.78 Å².